The average molecular weight is 254 g/mol. The molecule has 0 saturated carbocycles. The number of unbranched alkanes of at least 4 members (excludes halogenated alkanes) is 1. The second-order valence-corrected chi connectivity index (χ2v) is 4.41. The van der Waals surface area contributed by atoms with Crippen LogP contribution in [0.4, 0.5) is 11.5 Å². The summed E-state index contributed by atoms with van der Waals surface area (Å²) in [5, 5.41) is 0. The summed E-state index contributed by atoms with van der Waals surface area (Å²) in [6.45, 7) is 3.10. The fourth-order valence-corrected chi connectivity index (χ4v) is 1.93. The van der Waals surface area contributed by atoms with Gasteiger partial charge in [0, 0.05) is 24.0 Å². The van der Waals surface area contributed by atoms with Gasteiger partial charge in [-0.05, 0) is 30.7 Å². The second-order valence-electron chi connectivity index (χ2n) is 4.41. The van der Waals surface area contributed by atoms with Crippen LogP contribution in [0.3, 0.4) is 0 Å². The number of carbonyl (C=O) groups is 1. The quantitative estimate of drug-likeness (QED) is 0.734. The fourth-order valence-electron chi connectivity index (χ4n) is 1.93. The van der Waals surface area contributed by atoms with Crippen molar-refractivity contribution in [1.82, 2.24) is 4.98 Å². The molecule has 0 spiro atoms. The summed E-state index contributed by atoms with van der Waals surface area (Å²) in [5.41, 5.74) is 1.73. The number of para-hydroxylation sites is 1. The highest BCUT2D eigenvalue weighted by atomic mass is 16.1. The normalized spacial score (nSPS) is 10.2. The van der Waals surface area contributed by atoms with Gasteiger partial charge in [-0.15, -0.1) is 0 Å². The summed E-state index contributed by atoms with van der Waals surface area (Å²) < 4.78 is 0. The lowest BCUT2D eigenvalue weighted by Crippen LogP contribution is -2.19. The smallest absolute Gasteiger partial charge is 0.151 e. The number of pyridine rings is 1. The lowest BCUT2D eigenvalue weighted by Gasteiger charge is -2.23. The first kappa shape index (κ1) is 13.3. The van der Waals surface area contributed by atoms with Gasteiger partial charge < -0.3 is 4.90 Å². The first-order valence-corrected chi connectivity index (χ1v) is 6.59. The Bertz CT molecular complexity index is 508. The van der Waals surface area contributed by atoms with Crippen LogP contribution in [0.5, 0.6) is 0 Å². The number of hydrogen-bond acceptors (Lipinski definition) is 3. The highest BCUT2D eigenvalue weighted by molar-refractivity contribution is 5.75. The molecule has 1 aromatic heterocycles. The van der Waals surface area contributed by atoms with E-state index in [1.165, 1.54) is 0 Å². The Morgan fingerprint density at radius 3 is 2.53 bits per heavy atom. The Labute approximate surface area is 113 Å². The van der Waals surface area contributed by atoms with Crippen molar-refractivity contribution < 1.29 is 4.79 Å². The Morgan fingerprint density at radius 2 is 1.95 bits per heavy atom. The largest absolute Gasteiger partial charge is 0.326 e. The summed E-state index contributed by atoms with van der Waals surface area (Å²) in [6.07, 6.45) is 4.67. The summed E-state index contributed by atoms with van der Waals surface area (Å²) in [5.74, 6) is 0.880. The number of aldehydes is 1. The predicted octanol–water partition coefficient (Wildman–Crippen LogP) is 3.83. The molecule has 2 aromatic rings. The van der Waals surface area contributed by atoms with E-state index in [4.69, 9.17) is 0 Å². The molecule has 0 fully saturated rings. The van der Waals surface area contributed by atoms with Gasteiger partial charge in [-0.25, -0.2) is 4.98 Å². The number of nitrogens with zero attached hydrogens (tertiary/aromatic N) is 2. The lowest BCUT2D eigenvalue weighted by atomic mass is 10.2. The van der Waals surface area contributed by atoms with Gasteiger partial charge >= 0.3 is 0 Å². The minimum Gasteiger partial charge on any atom is -0.326 e. The van der Waals surface area contributed by atoms with Crippen molar-refractivity contribution in [3.05, 3.63) is 54.2 Å². The van der Waals surface area contributed by atoms with Crippen LogP contribution in [0.25, 0.3) is 0 Å². The molecule has 0 aliphatic carbocycles. The first-order chi connectivity index (χ1) is 9.35. The molecule has 1 aromatic carbocycles. The first-order valence-electron chi connectivity index (χ1n) is 6.59. The van der Waals surface area contributed by atoms with E-state index in [1.54, 1.807) is 12.3 Å². The van der Waals surface area contributed by atoms with Crippen LogP contribution in [0, 0.1) is 0 Å². The third kappa shape index (κ3) is 3.41. The van der Waals surface area contributed by atoms with Crippen LogP contribution in [0.15, 0.2) is 48.7 Å². The molecule has 0 radical (unpaired) electrons. The topological polar surface area (TPSA) is 33.2 Å². The molecule has 0 aliphatic heterocycles. The van der Waals surface area contributed by atoms with Crippen LogP contribution >= 0.6 is 0 Å². The van der Waals surface area contributed by atoms with Gasteiger partial charge in [0.25, 0.3) is 0 Å². The molecule has 0 aliphatic rings. The summed E-state index contributed by atoms with van der Waals surface area (Å²) in [6, 6.07) is 13.9. The summed E-state index contributed by atoms with van der Waals surface area (Å²) >= 11 is 0. The summed E-state index contributed by atoms with van der Waals surface area (Å²) in [7, 11) is 0. The second kappa shape index (κ2) is 6.69. The lowest BCUT2D eigenvalue weighted by molar-refractivity contribution is 0.112. The SMILES string of the molecule is CCCCN(c1ccccc1)c1ccc(C=O)cn1. The van der Waals surface area contributed by atoms with Crippen molar-refractivity contribution in [2.45, 2.75) is 19.8 Å². The predicted molar refractivity (Wildman–Crippen MR) is 78.0 cm³/mol. The molecule has 0 amide bonds. The third-order valence-corrected chi connectivity index (χ3v) is 2.99. The average Bonchev–Trinajstić information content (AvgIpc) is 2.49. The van der Waals surface area contributed by atoms with E-state index in [0.717, 1.165) is 37.2 Å². The maximum absolute atomic E-state index is 10.7. The molecule has 0 unspecified atom stereocenters. The highest BCUT2D eigenvalue weighted by Gasteiger charge is 2.09. The van der Waals surface area contributed by atoms with E-state index in [-0.39, 0.29) is 0 Å². The molecule has 98 valence electrons. The molecule has 19 heavy (non-hydrogen) atoms. The molecule has 3 heteroatoms. The number of carbonyl (C=O) groups excluding carboxylic acids is 1. The van der Waals surface area contributed by atoms with Gasteiger partial charge in [0.15, 0.2) is 6.29 Å². The zero-order valence-corrected chi connectivity index (χ0v) is 11.1. The zero-order chi connectivity index (χ0) is 13.5. The van der Waals surface area contributed by atoms with Gasteiger partial charge in [-0.3, -0.25) is 4.79 Å². The van der Waals surface area contributed by atoms with E-state index >= 15 is 0 Å². The maximum atomic E-state index is 10.7. The highest BCUT2D eigenvalue weighted by Crippen LogP contribution is 2.23. The van der Waals surface area contributed by atoms with Crippen molar-refractivity contribution in [2.75, 3.05) is 11.4 Å². The monoisotopic (exact) mass is 254 g/mol. The molecule has 1 heterocycles. The standard InChI is InChI=1S/C16H18N2O/c1-2-3-11-18(15-7-5-4-6-8-15)16-10-9-14(13-19)12-17-16/h4-10,12-13H,2-3,11H2,1H3. The van der Waals surface area contributed by atoms with Crippen LogP contribution in [0.2, 0.25) is 0 Å². The van der Waals surface area contributed by atoms with Crippen molar-refractivity contribution in [3.63, 3.8) is 0 Å². The Hall–Kier alpha value is -2.16. The van der Waals surface area contributed by atoms with Gasteiger partial charge in [0.05, 0.1) is 0 Å². The van der Waals surface area contributed by atoms with Gasteiger partial charge in [0.2, 0.25) is 0 Å². The third-order valence-electron chi connectivity index (χ3n) is 2.99. The van der Waals surface area contributed by atoms with Gasteiger partial charge in [-0.2, -0.15) is 0 Å². The molecule has 0 bridgehead atoms. The Kier molecular flexibility index (Phi) is 4.67. The van der Waals surface area contributed by atoms with E-state index in [0.29, 0.717) is 5.56 Å². The molecule has 0 atom stereocenters. The van der Waals surface area contributed by atoms with Gasteiger partial charge in [0.1, 0.15) is 5.82 Å². The van der Waals surface area contributed by atoms with Crippen LogP contribution < -0.4 is 4.90 Å². The molecule has 2 rings (SSSR count). The molecular weight excluding hydrogens is 236 g/mol. The van der Waals surface area contributed by atoms with Crippen molar-refractivity contribution in [2.24, 2.45) is 0 Å². The molecule has 0 N–H and O–H groups in total. The Balaban J connectivity index is 2.28. The number of benzene rings is 1. The number of aromatic nitrogens is 1. The fraction of sp³-hybridized carbons (Fsp3) is 0.250. The van der Waals surface area contributed by atoms with Crippen molar-refractivity contribution in [1.29, 1.82) is 0 Å². The van der Waals surface area contributed by atoms with Crippen molar-refractivity contribution in [3.8, 4) is 0 Å². The van der Waals surface area contributed by atoms with E-state index in [9.17, 15) is 4.79 Å². The van der Waals surface area contributed by atoms with Crippen LogP contribution in [-0.2, 0) is 0 Å². The van der Waals surface area contributed by atoms with Crippen molar-refractivity contribution >= 4 is 17.8 Å². The minimum absolute atomic E-state index is 0.604. The number of hydrogen-bond donors (Lipinski definition) is 0. The Morgan fingerprint density at radius 1 is 1.16 bits per heavy atom. The molecular formula is C16H18N2O. The minimum atomic E-state index is 0.604. The maximum Gasteiger partial charge on any atom is 0.151 e. The zero-order valence-electron chi connectivity index (χ0n) is 11.1. The number of anilines is 2. The van der Waals surface area contributed by atoms with E-state index in [2.05, 4.69) is 28.9 Å². The van der Waals surface area contributed by atoms with Gasteiger partial charge in [-0.1, -0.05) is 31.5 Å². The van der Waals surface area contributed by atoms with E-state index < -0.39 is 0 Å². The van der Waals surface area contributed by atoms with Crippen LogP contribution in [-0.4, -0.2) is 17.8 Å². The number of rotatable bonds is 6. The molecule has 0 saturated heterocycles. The van der Waals surface area contributed by atoms with Crippen LogP contribution in [0.1, 0.15) is 30.1 Å². The molecule has 3 nitrogen and oxygen atoms in total. The summed E-state index contributed by atoms with van der Waals surface area (Å²) in [4.78, 5) is 17.2. The van der Waals surface area contributed by atoms with E-state index in [1.807, 2.05) is 24.3 Å².